The van der Waals surface area contributed by atoms with Gasteiger partial charge in [0.05, 0.1) is 0 Å². The molecule has 112 valence electrons. The van der Waals surface area contributed by atoms with Crippen molar-refractivity contribution in [2.75, 3.05) is 11.4 Å². The van der Waals surface area contributed by atoms with Gasteiger partial charge in [-0.3, -0.25) is 0 Å². The van der Waals surface area contributed by atoms with Crippen LogP contribution in [0.3, 0.4) is 0 Å². The molecule has 2 nitrogen and oxygen atoms in total. The van der Waals surface area contributed by atoms with Crippen LogP contribution in [-0.2, 0) is 6.54 Å². The van der Waals surface area contributed by atoms with Crippen molar-refractivity contribution in [2.45, 2.75) is 59.2 Å². The first-order valence-corrected chi connectivity index (χ1v) is 8.14. The average Bonchev–Trinajstić information content (AvgIpc) is 2.40. The Morgan fingerprint density at radius 2 is 2.05 bits per heavy atom. The van der Waals surface area contributed by atoms with E-state index in [4.69, 9.17) is 11.6 Å². The summed E-state index contributed by atoms with van der Waals surface area (Å²) in [5.41, 5.74) is 2.55. The minimum Gasteiger partial charge on any atom is -0.368 e. The number of benzene rings is 1. The van der Waals surface area contributed by atoms with Crippen LogP contribution in [0.1, 0.15) is 46.1 Å². The highest BCUT2D eigenvalue weighted by atomic mass is 35.5. The molecule has 0 radical (unpaired) electrons. The van der Waals surface area contributed by atoms with Crippen molar-refractivity contribution in [2.24, 2.45) is 5.92 Å². The van der Waals surface area contributed by atoms with Gasteiger partial charge in [0.25, 0.3) is 0 Å². The van der Waals surface area contributed by atoms with E-state index in [2.05, 4.69) is 50.0 Å². The van der Waals surface area contributed by atoms with Gasteiger partial charge in [0.2, 0.25) is 0 Å². The summed E-state index contributed by atoms with van der Waals surface area (Å²) in [5.74, 6) is 0.760. The molecule has 0 aromatic heterocycles. The fraction of sp³-hybridized carbons (Fsp3) is 0.647. The maximum absolute atomic E-state index is 6.45. The first-order chi connectivity index (χ1) is 9.49. The van der Waals surface area contributed by atoms with Gasteiger partial charge in [-0.2, -0.15) is 0 Å². The van der Waals surface area contributed by atoms with Crippen molar-refractivity contribution < 1.29 is 0 Å². The van der Waals surface area contributed by atoms with Crippen LogP contribution in [0.25, 0.3) is 0 Å². The number of nitrogens with one attached hydrogen (secondary N) is 1. The molecule has 1 fully saturated rings. The van der Waals surface area contributed by atoms with Gasteiger partial charge in [-0.05, 0) is 37.8 Å². The Kier molecular flexibility index (Phi) is 5.34. The lowest BCUT2D eigenvalue weighted by Crippen LogP contribution is -2.42. The molecule has 3 heteroatoms. The van der Waals surface area contributed by atoms with E-state index in [1.54, 1.807) is 0 Å². The minimum atomic E-state index is 0.469. The lowest BCUT2D eigenvalue weighted by Gasteiger charge is -2.40. The molecule has 2 rings (SSSR count). The Morgan fingerprint density at radius 1 is 1.30 bits per heavy atom. The quantitative estimate of drug-likeness (QED) is 0.882. The summed E-state index contributed by atoms with van der Waals surface area (Å²) in [4.78, 5) is 2.54. The summed E-state index contributed by atoms with van der Waals surface area (Å²) in [6, 6.07) is 7.36. The van der Waals surface area contributed by atoms with Crippen molar-refractivity contribution >= 4 is 17.3 Å². The van der Waals surface area contributed by atoms with Crippen molar-refractivity contribution in [3.63, 3.8) is 0 Å². The monoisotopic (exact) mass is 294 g/mol. The molecule has 1 aliphatic heterocycles. The van der Waals surface area contributed by atoms with Gasteiger partial charge in [-0.1, -0.05) is 38.4 Å². The van der Waals surface area contributed by atoms with Crippen LogP contribution in [0.2, 0.25) is 5.02 Å². The summed E-state index contributed by atoms with van der Waals surface area (Å²) in [6.07, 6.45) is 2.60. The lowest BCUT2D eigenvalue weighted by molar-refractivity contribution is 0.389. The van der Waals surface area contributed by atoms with Gasteiger partial charge in [0.1, 0.15) is 0 Å². The molecule has 1 heterocycles. The highest BCUT2D eigenvalue weighted by Gasteiger charge is 2.25. The van der Waals surface area contributed by atoms with Gasteiger partial charge >= 0.3 is 0 Å². The van der Waals surface area contributed by atoms with Gasteiger partial charge in [-0.25, -0.2) is 0 Å². The number of rotatable bonds is 4. The first kappa shape index (κ1) is 15.7. The summed E-state index contributed by atoms with van der Waals surface area (Å²) < 4.78 is 0. The average molecular weight is 295 g/mol. The van der Waals surface area contributed by atoms with Crippen LogP contribution in [0.15, 0.2) is 18.2 Å². The molecule has 2 atom stereocenters. The van der Waals surface area contributed by atoms with E-state index in [0.29, 0.717) is 12.1 Å². The molecule has 1 aromatic carbocycles. The van der Waals surface area contributed by atoms with E-state index in [1.165, 1.54) is 24.1 Å². The number of nitrogens with zero attached hydrogens (tertiary/aromatic N) is 1. The van der Waals surface area contributed by atoms with Gasteiger partial charge < -0.3 is 10.2 Å². The van der Waals surface area contributed by atoms with Gasteiger partial charge in [0, 0.05) is 41.4 Å². The molecular formula is C17H27ClN2. The maximum atomic E-state index is 6.45. The summed E-state index contributed by atoms with van der Waals surface area (Å²) >= 11 is 6.45. The molecule has 0 spiro atoms. The standard InChI is InChI=1S/C17H27ClN2/c1-12(2)19-10-15-16(18)6-5-7-17(15)20-11-13(3)8-9-14(20)4/h5-7,12-14,19H,8-11H2,1-4H3. The predicted octanol–water partition coefficient (Wildman–Crippen LogP) is 4.46. The third kappa shape index (κ3) is 3.67. The molecular weight excluding hydrogens is 268 g/mol. The van der Waals surface area contributed by atoms with Crippen LogP contribution >= 0.6 is 11.6 Å². The van der Waals surface area contributed by atoms with Crippen molar-refractivity contribution in [1.29, 1.82) is 0 Å². The smallest absolute Gasteiger partial charge is 0.0471 e. The Morgan fingerprint density at radius 3 is 2.75 bits per heavy atom. The van der Waals surface area contributed by atoms with E-state index in [1.807, 2.05) is 6.07 Å². The van der Waals surface area contributed by atoms with Crippen LogP contribution in [0.5, 0.6) is 0 Å². The van der Waals surface area contributed by atoms with E-state index in [0.717, 1.165) is 24.0 Å². The van der Waals surface area contributed by atoms with Crippen molar-refractivity contribution in [1.82, 2.24) is 5.32 Å². The van der Waals surface area contributed by atoms with E-state index in [-0.39, 0.29) is 0 Å². The topological polar surface area (TPSA) is 15.3 Å². The van der Waals surface area contributed by atoms with Crippen LogP contribution in [0, 0.1) is 5.92 Å². The fourth-order valence-corrected chi connectivity index (χ4v) is 3.16. The third-order valence-electron chi connectivity index (χ3n) is 4.21. The van der Waals surface area contributed by atoms with Crippen LogP contribution in [0.4, 0.5) is 5.69 Å². The molecule has 1 aliphatic rings. The zero-order valence-corrected chi connectivity index (χ0v) is 13.9. The number of hydrogen-bond donors (Lipinski definition) is 1. The molecule has 0 amide bonds. The second-order valence-electron chi connectivity index (χ2n) is 6.46. The number of halogens is 1. The van der Waals surface area contributed by atoms with E-state index >= 15 is 0 Å². The van der Waals surface area contributed by atoms with Crippen LogP contribution in [-0.4, -0.2) is 18.6 Å². The maximum Gasteiger partial charge on any atom is 0.0471 e. The van der Waals surface area contributed by atoms with Crippen molar-refractivity contribution in [3.8, 4) is 0 Å². The number of hydrogen-bond acceptors (Lipinski definition) is 2. The first-order valence-electron chi connectivity index (χ1n) is 7.76. The second kappa shape index (κ2) is 6.82. The molecule has 20 heavy (non-hydrogen) atoms. The Labute approximate surface area is 128 Å². The summed E-state index contributed by atoms with van der Waals surface area (Å²) in [6.45, 7) is 11.0. The number of piperidine rings is 1. The van der Waals surface area contributed by atoms with E-state index < -0.39 is 0 Å². The largest absolute Gasteiger partial charge is 0.368 e. The normalized spacial score (nSPS) is 23.4. The highest BCUT2D eigenvalue weighted by molar-refractivity contribution is 6.31. The number of anilines is 1. The predicted molar refractivity (Wildman–Crippen MR) is 88.6 cm³/mol. The Hall–Kier alpha value is -0.730. The summed E-state index contributed by atoms with van der Waals surface area (Å²) in [7, 11) is 0. The van der Waals surface area contributed by atoms with Gasteiger partial charge in [-0.15, -0.1) is 0 Å². The van der Waals surface area contributed by atoms with E-state index in [9.17, 15) is 0 Å². The van der Waals surface area contributed by atoms with Crippen molar-refractivity contribution in [3.05, 3.63) is 28.8 Å². The van der Waals surface area contributed by atoms with Crippen LogP contribution < -0.4 is 10.2 Å². The zero-order valence-electron chi connectivity index (χ0n) is 13.1. The minimum absolute atomic E-state index is 0.469. The lowest BCUT2D eigenvalue weighted by atomic mass is 9.93. The SMILES string of the molecule is CC1CCC(C)N(c2cccc(Cl)c2CNC(C)C)C1. The Bertz CT molecular complexity index is 445. The molecule has 0 aliphatic carbocycles. The molecule has 1 N–H and O–H groups in total. The molecule has 0 bridgehead atoms. The molecule has 1 aromatic rings. The van der Waals surface area contributed by atoms with Gasteiger partial charge in [0.15, 0.2) is 0 Å². The Balaban J connectivity index is 2.27. The molecule has 2 unspecified atom stereocenters. The second-order valence-corrected chi connectivity index (χ2v) is 6.86. The fourth-order valence-electron chi connectivity index (χ4n) is 2.92. The summed E-state index contributed by atoms with van der Waals surface area (Å²) in [5, 5.41) is 4.37. The molecule has 0 saturated carbocycles. The third-order valence-corrected chi connectivity index (χ3v) is 4.56. The highest BCUT2D eigenvalue weighted by Crippen LogP contribution is 2.33. The molecule has 1 saturated heterocycles. The zero-order chi connectivity index (χ0) is 14.7.